The Morgan fingerprint density at radius 1 is 1.09 bits per heavy atom. The molecule has 1 aromatic carbocycles. The summed E-state index contributed by atoms with van der Waals surface area (Å²) in [5.74, 6) is -0.0165. The van der Waals surface area contributed by atoms with Crippen LogP contribution < -0.4 is 0 Å². The molecule has 0 aromatic heterocycles. The van der Waals surface area contributed by atoms with E-state index in [0.29, 0.717) is 43.4 Å². The van der Waals surface area contributed by atoms with Gasteiger partial charge < -0.3 is 14.5 Å². The summed E-state index contributed by atoms with van der Waals surface area (Å²) < 4.78 is 5.44. The number of carbonyl (C=O) groups excluding carboxylic acids is 2. The number of ether oxygens (including phenoxy) is 1. The van der Waals surface area contributed by atoms with Gasteiger partial charge in [0.15, 0.2) is 0 Å². The molecule has 0 radical (unpaired) electrons. The number of hydrogen-bond acceptors (Lipinski definition) is 3. The molecule has 5 nitrogen and oxygen atoms in total. The molecule has 0 bridgehead atoms. The number of carbonyl (C=O) groups is 2. The fraction of sp³-hybridized carbons (Fsp3) is 0.500. The van der Waals surface area contributed by atoms with Gasteiger partial charge in [0.1, 0.15) is 6.10 Å². The predicted octanol–water partition coefficient (Wildman–Crippen LogP) is 1.80. The quantitative estimate of drug-likeness (QED) is 0.834. The lowest BCUT2D eigenvalue weighted by Gasteiger charge is -2.35. The van der Waals surface area contributed by atoms with E-state index in [2.05, 4.69) is 0 Å². The van der Waals surface area contributed by atoms with Crippen LogP contribution in [0.5, 0.6) is 0 Å². The maximum atomic E-state index is 12.5. The van der Waals surface area contributed by atoms with Gasteiger partial charge in [0.2, 0.25) is 0 Å². The largest absolute Gasteiger partial charge is 0.368 e. The lowest BCUT2D eigenvalue weighted by atomic mass is 10.1. The molecule has 118 valence electrons. The first kappa shape index (κ1) is 15.3. The Hall–Kier alpha value is -1.59. The third-order valence-electron chi connectivity index (χ3n) is 4.19. The van der Waals surface area contributed by atoms with E-state index in [4.69, 9.17) is 16.3 Å². The lowest BCUT2D eigenvalue weighted by molar-refractivity contribution is -0.142. The van der Waals surface area contributed by atoms with Crippen molar-refractivity contribution in [1.29, 1.82) is 0 Å². The summed E-state index contributed by atoms with van der Waals surface area (Å²) in [6.45, 7) is 2.83. The summed E-state index contributed by atoms with van der Waals surface area (Å²) in [6, 6.07) is 7.05. The van der Waals surface area contributed by atoms with Crippen LogP contribution in [0.3, 0.4) is 0 Å². The molecule has 1 aromatic rings. The zero-order valence-corrected chi connectivity index (χ0v) is 13.1. The van der Waals surface area contributed by atoms with E-state index in [9.17, 15) is 9.59 Å². The number of benzene rings is 1. The van der Waals surface area contributed by atoms with Crippen molar-refractivity contribution in [3.05, 3.63) is 34.9 Å². The topological polar surface area (TPSA) is 49.9 Å². The van der Waals surface area contributed by atoms with E-state index in [0.717, 1.165) is 12.8 Å². The van der Waals surface area contributed by atoms with E-state index in [1.165, 1.54) is 0 Å². The number of amides is 2. The molecule has 2 fully saturated rings. The van der Waals surface area contributed by atoms with Crippen molar-refractivity contribution in [1.82, 2.24) is 9.80 Å². The van der Waals surface area contributed by atoms with Crippen LogP contribution in [0.15, 0.2) is 24.3 Å². The molecule has 2 amide bonds. The second-order valence-corrected chi connectivity index (χ2v) is 6.01. The second kappa shape index (κ2) is 6.67. The van der Waals surface area contributed by atoms with Gasteiger partial charge in [0.05, 0.1) is 10.6 Å². The monoisotopic (exact) mass is 322 g/mol. The van der Waals surface area contributed by atoms with Gasteiger partial charge in [-0.3, -0.25) is 9.59 Å². The van der Waals surface area contributed by atoms with E-state index < -0.39 is 0 Å². The first-order valence-electron chi connectivity index (χ1n) is 7.61. The third kappa shape index (κ3) is 3.10. The SMILES string of the molecule is O=C(c1ccccc1Cl)N1CCN(C(=O)[C@@H]2CCCO2)CC1. The van der Waals surface area contributed by atoms with E-state index in [1.807, 2.05) is 0 Å². The molecule has 0 saturated carbocycles. The highest BCUT2D eigenvalue weighted by Gasteiger charge is 2.31. The highest BCUT2D eigenvalue weighted by molar-refractivity contribution is 6.33. The van der Waals surface area contributed by atoms with Crippen LogP contribution in [-0.2, 0) is 9.53 Å². The highest BCUT2D eigenvalue weighted by Crippen LogP contribution is 2.19. The van der Waals surface area contributed by atoms with Crippen LogP contribution in [-0.4, -0.2) is 60.5 Å². The van der Waals surface area contributed by atoms with Gasteiger partial charge in [-0.25, -0.2) is 0 Å². The fourth-order valence-electron chi connectivity index (χ4n) is 2.91. The van der Waals surface area contributed by atoms with E-state index >= 15 is 0 Å². The normalized spacial score (nSPS) is 22.0. The minimum absolute atomic E-state index is 0.0577. The summed E-state index contributed by atoms with van der Waals surface area (Å²) >= 11 is 6.07. The zero-order valence-electron chi connectivity index (χ0n) is 12.3. The number of halogens is 1. The van der Waals surface area contributed by atoms with Gasteiger partial charge >= 0.3 is 0 Å². The van der Waals surface area contributed by atoms with E-state index in [1.54, 1.807) is 34.1 Å². The Morgan fingerprint density at radius 3 is 2.41 bits per heavy atom. The van der Waals surface area contributed by atoms with Gasteiger partial charge in [0, 0.05) is 32.8 Å². The Bertz CT molecular complexity index is 564. The standard InChI is InChI=1S/C16H19ClN2O3/c17-13-5-2-1-4-12(13)15(20)18-7-9-19(10-8-18)16(21)14-6-3-11-22-14/h1-2,4-5,14H,3,6-11H2/t14-/m0/s1. The van der Waals surface area contributed by atoms with Crippen molar-refractivity contribution in [3.63, 3.8) is 0 Å². The molecule has 1 atom stereocenters. The maximum absolute atomic E-state index is 12.5. The average molecular weight is 323 g/mol. The predicted molar refractivity (Wildman–Crippen MR) is 82.9 cm³/mol. The zero-order chi connectivity index (χ0) is 15.5. The molecule has 0 aliphatic carbocycles. The minimum Gasteiger partial charge on any atom is -0.368 e. The Labute approximate surface area is 134 Å². The molecular weight excluding hydrogens is 304 g/mol. The van der Waals surface area contributed by atoms with E-state index in [-0.39, 0.29) is 17.9 Å². The fourth-order valence-corrected chi connectivity index (χ4v) is 3.13. The van der Waals surface area contributed by atoms with Crippen molar-refractivity contribution in [2.75, 3.05) is 32.8 Å². The van der Waals surface area contributed by atoms with Crippen molar-refractivity contribution in [3.8, 4) is 0 Å². The maximum Gasteiger partial charge on any atom is 0.255 e. The summed E-state index contributed by atoms with van der Waals surface area (Å²) in [7, 11) is 0. The van der Waals surface area contributed by atoms with Crippen LogP contribution in [0.4, 0.5) is 0 Å². The molecule has 0 unspecified atom stereocenters. The molecule has 0 spiro atoms. The minimum atomic E-state index is -0.286. The van der Waals surface area contributed by atoms with Crippen molar-refractivity contribution < 1.29 is 14.3 Å². The number of nitrogens with zero attached hydrogens (tertiary/aromatic N) is 2. The number of hydrogen-bond donors (Lipinski definition) is 0. The Balaban J connectivity index is 1.58. The van der Waals surface area contributed by atoms with Crippen molar-refractivity contribution >= 4 is 23.4 Å². The second-order valence-electron chi connectivity index (χ2n) is 5.60. The molecule has 2 aliphatic rings. The lowest BCUT2D eigenvalue weighted by Crippen LogP contribution is -2.52. The van der Waals surface area contributed by atoms with Crippen LogP contribution in [0.1, 0.15) is 23.2 Å². The summed E-state index contributed by atoms with van der Waals surface area (Å²) in [4.78, 5) is 28.3. The van der Waals surface area contributed by atoms with Gasteiger partial charge in [0.25, 0.3) is 11.8 Å². The third-order valence-corrected chi connectivity index (χ3v) is 4.52. The molecule has 0 N–H and O–H groups in total. The van der Waals surface area contributed by atoms with Crippen molar-refractivity contribution in [2.45, 2.75) is 18.9 Å². The highest BCUT2D eigenvalue weighted by atomic mass is 35.5. The number of piperazine rings is 1. The smallest absolute Gasteiger partial charge is 0.255 e. The Morgan fingerprint density at radius 2 is 1.77 bits per heavy atom. The van der Waals surface area contributed by atoms with Crippen LogP contribution in [0.25, 0.3) is 0 Å². The summed E-state index contributed by atoms with van der Waals surface area (Å²) in [5.41, 5.74) is 0.517. The van der Waals surface area contributed by atoms with Gasteiger partial charge in [-0.1, -0.05) is 23.7 Å². The molecule has 2 aliphatic heterocycles. The first-order valence-corrected chi connectivity index (χ1v) is 7.99. The van der Waals surface area contributed by atoms with Crippen molar-refractivity contribution in [2.24, 2.45) is 0 Å². The summed E-state index contributed by atoms with van der Waals surface area (Å²) in [5, 5.41) is 0.463. The molecule has 2 saturated heterocycles. The van der Waals surface area contributed by atoms with Gasteiger partial charge in [-0.15, -0.1) is 0 Å². The molecule has 2 heterocycles. The van der Waals surface area contributed by atoms with Crippen LogP contribution in [0.2, 0.25) is 5.02 Å². The molecule has 3 rings (SSSR count). The Kier molecular flexibility index (Phi) is 4.64. The van der Waals surface area contributed by atoms with Crippen LogP contribution in [0, 0.1) is 0 Å². The van der Waals surface area contributed by atoms with Gasteiger partial charge in [-0.05, 0) is 25.0 Å². The summed E-state index contributed by atoms with van der Waals surface area (Å²) in [6.07, 6.45) is 1.46. The molecule has 22 heavy (non-hydrogen) atoms. The van der Waals surface area contributed by atoms with Gasteiger partial charge in [-0.2, -0.15) is 0 Å². The van der Waals surface area contributed by atoms with Crippen LogP contribution >= 0.6 is 11.6 Å². The first-order chi connectivity index (χ1) is 10.7. The molecule has 6 heteroatoms. The molecular formula is C16H19ClN2O3. The average Bonchev–Trinajstić information content (AvgIpc) is 3.09. The number of rotatable bonds is 2.